The molecule has 0 aliphatic carbocycles. The van der Waals surface area contributed by atoms with E-state index in [0.717, 1.165) is 23.0 Å². The second-order valence-corrected chi connectivity index (χ2v) is 6.50. The summed E-state index contributed by atoms with van der Waals surface area (Å²) in [6.45, 7) is -0.0564. The van der Waals surface area contributed by atoms with Crippen LogP contribution < -0.4 is 4.74 Å². The van der Waals surface area contributed by atoms with Gasteiger partial charge in [0.25, 0.3) is 0 Å². The first kappa shape index (κ1) is 18.1. The normalized spacial score (nSPS) is 12.0. The van der Waals surface area contributed by atoms with Crippen molar-refractivity contribution in [1.29, 1.82) is 0 Å². The molecule has 10 heteroatoms. The van der Waals surface area contributed by atoms with Crippen molar-refractivity contribution in [2.75, 3.05) is 0 Å². The molecule has 0 amide bonds. The first-order valence-electron chi connectivity index (χ1n) is 8.91. The van der Waals surface area contributed by atoms with E-state index < -0.39 is 11.7 Å². The molecule has 0 spiro atoms. The van der Waals surface area contributed by atoms with Gasteiger partial charge in [0.05, 0.1) is 11.1 Å². The average molecular weight is 410 g/mol. The molecule has 7 nitrogen and oxygen atoms in total. The van der Waals surface area contributed by atoms with E-state index in [1.54, 1.807) is 23.1 Å². The Morgan fingerprint density at radius 1 is 0.967 bits per heavy atom. The Bertz CT molecular complexity index is 1360. The molecule has 0 unspecified atom stereocenters. The highest BCUT2D eigenvalue weighted by atomic mass is 19.4. The van der Waals surface area contributed by atoms with Crippen LogP contribution >= 0.6 is 0 Å². The van der Waals surface area contributed by atoms with Gasteiger partial charge < -0.3 is 4.74 Å². The van der Waals surface area contributed by atoms with Crippen molar-refractivity contribution in [1.82, 2.24) is 29.4 Å². The number of hydrogen-bond acceptors (Lipinski definition) is 5. The monoisotopic (exact) mass is 410 g/mol. The Balaban J connectivity index is 1.38. The van der Waals surface area contributed by atoms with Crippen molar-refractivity contribution in [3.63, 3.8) is 0 Å². The smallest absolute Gasteiger partial charge is 0.416 e. The first-order chi connectivity index (χ1) is 14.5. The molecule has 0 radical (unpaired) electrons. The molecular formula is C20H13F3N6O. The predicted octanol–water partition coefficient (Wildman–Crippen LogP) is 4.20. The van der Waals surface area contributed by atoms with E-state index in [9.17, 15) is 13.2 Å². The molecule has 0 saturated heterocycles. The molecule has 30 heavy (non-hydrogen) atoms. The molecule has 0 saturated carbocycles. The summed E-state index contributed by atoms with van der Waals surface area (Å²) in [6, 6.07) is 14.0. The van der Waals surface area contributed by atoms with Crippen LogP contribution in [0.25, 0.3) is 28.1 Å². The fraction of sp³-hybridized carbons (Fsp3) is 0.100. The predicted molar refractivity (Wildman–Crippen MR) is 102 cm³/mol. The molecule has 3 aromatic heterocycles. The number of fused-ring (bicyclic) bond motifs is 3. The molecule has 0 aliphatic heterocycles. The minimum Gasteiger partial charge on any atom is -0.471 e. The summed E-state index contributed by atoms with van der Waals surface area (Å²) in [5.74, 6) is 0.510. The molecule has 150 valence electrons. The Kier molecular flexibility index (Phi) is 4.12. The number of aromatic nitrogens is 6. The van der Waals surface area contributed by atoms with Crippen LogP contribution in [0, 0.1) is 0 Å². The summed E-state index contributed by atoms with van der Waals surface area (Å²) in [5.41, 5.74) is 1.21. The summed E-state index contributed by atoms with van der Waals surface area (Å²) in [5, 5.41) is 9.62. The largest absolute Gasteiger partial charge is 0.471 e. The average Bonchev–Trinajstić information content (AvgIpc) is 3.39. The number of para-hydroxylation sites is 1. The van der Waals surface area contributed by atoms with Crippen molar-refractivity contribution in [3.05, 3.63) is 72.7 Å². The van der Waals surface area contributed by atoms with E-state index in [1.165, 1.54) is 16.8 Å². The van der Waals surface area contributed by atoms with E-state index in [0.29, 0.717) is 17.2 Å². The molecule has 5 aromatic rings. The number of benzene rings is 2. The number of ether oxygens (including phenoxy) is 1. The lowest BCUT2D eigenvalue weighted by Crippen LogP contribution is -2.08. The lowest BCUT2D eigenvalue weighted by molar-refractivity contribution is -0.137. The summed E-state index contributed by atoms with van der Waals surface area (Å²) < 4.78 is 46.9. The second kappa shape index (κ2) is 6.83. The highest BCUT2D eigenvalue weighted by molar-refractivity contribution is 5.91. The van der Waals surface area contributed by atoms with Gasteiger partial charge in [0.2, 0.25) is 5.82 Å². The Morgan fingerprint density at radius 3 is 2.70 bits per heavy atom. The fourth-order valence-electron chi connectivity index (χ4n) is 3.04. The minimum absolute atomic E-state index is 0.0564. The molecule has 0 fully saturated rings. The zero-order valence-corrected chi connectivity index (χ0v) is 15.3. The molecule has 0 atom stereocenters. The maximum atomic E-state index is 12.8. The molecule has 5 rings (SSSR count). The van der Waals surface area contributed by atoms with Gasteiger partial charge in [0, 0.05) is 11.6 Å². The third-order valence-corrected chi connectivity index (χ3v) is 4.48. The highest BCUT2D eigenvalue weighted by Crippen LogP contribution is 2.31. The maximum absolute atomic E-state index is 12.8. The van der Waals surface area contributed by atoms with Gasteiger partial charge >= 0.3 is 6.18 Å². The van der Waals surface area contributed by atoms with E-state index in [1.807, 2.05) is 24.3 Å². The molecular weight excluding hydrogens is 397 g/mol. The van der Waals surface area contributed by atoms with Crippen LogP contribution in [0.4, 0.5) is 13.2 Å². The lowest BCUT2D eigenvalue weighted by Gasteiger charge is -2.10. The van der Waals surface area contributed by atoms with Gasteiger partial charge in [-0.25, -0.2) is 19.2 Å². The van der Waals surface area contributed by atoms with Crippen LogP contribution in [-0.4, -0.2) is 29.4 Å². The summed E-state index contributed by atoms with van der Waals surface area (Å²) >= 11 is 0. The fourth-order valence-corrected chi connectivity index (χ4v) is 3.04. The third-order valence-electron chi connectivity index (χ3n) is 4.48. The van der Waals surface area contributed by atoms with Crippen LogP contribution in [-0.2, 0) is 12.9 Å². The van der Waals surface area contributed by atoms with Crippen molar-refractivity contribution < 1.29 is 17.9 Å². The standard InChI is InChI=1S/C20H13F3N6O/c21-20(22,23)13-4-3-5-14(10-13)30-12-28-9-8-17(26-28)18-25-19-15-6-1-2-7-16(15)24-11-29(19)27-18/h1-11H,12H2. The zero-order chi connectivity index (χ0) is 20.7. The SMILES string of the molecule is FC(F)(F)c1cccc(OCn2ccc(-c3nc4c5ccccc5ncn4n3)n2)c1. The summed E-state index contributed by atoms with van der Waals surface area (Å²) in [4.78, 5) is 8.90. The van der Waals surface area contributed by atoms with Gasteiger partial charge in [-0.15, -0.1) is 5.10 Å². The number of halogens is 3. The van der Waals surface area contributed by atoms with Gasteiger partial charge in [0.15, 0.2) is 12.4 Å². The van der Waals surface area contributed by atoms with E-state index in [2.05, 4.69) is 20.2 Å². The van der Waals surface area contributed by atoms with E-state index in [4.69, 9.17) is 4.74 Å². The van der Waals surface area contributed by atoms with Gasteiger partial charge in [0.1, 0.15) is 17.8 Å². The van der Waals surface area contributed by atoms with Gasteiger partial charge in [-0.1, -0.05) is 18.2 Å². The topological polar surface area (TPSA) is 70.1 Å². The molecule has 3 heterocycles. The quantitative estimate of drug-likeness (QED) is 0.444. The molecule has 0 aliphatic rings. The number of nitrogens with zero attached hydrogens (tertiary/aromatic N) is 6. The van der Waals surface area contributed by atoms with Crippen molar-refractivity contribution >= 4 is 16.6 Å². The Morgan fingerprint density at radius 2 is 1.83 bits per heavy atom. The summed E-state index contributed by atoms with van der Waals surface area (Å²) in [6.07, 6.45) is -1.20. The molecule has 0 N–H and O–H groups in total. The van der Waals surface area contributed by atoms with Crippen LogP contribution in [0.15, 0.2) is 67.1 Å². The number of alkyl halides is 3. The van der Waals surface area contributed by atoms with Crippen LogP contribution in [0.1, 0.15) is 5.56 Å². The maximum Gasteiger partial charge on any atom is 0.416 e. The summed E-state index contributed by atoms with van der Waals surface area (Å²) in [7, 11) is 0. The number of hydrogen-bond donors (Lipinski definition) is 0. The van der Waals surface area contributed by atoms with Gasteiger partial charge in [-0.3, -0.25) is 0 Å². The first-order valence-corrected chi connectivity index (χ1v) is 8.91. The van der Waals surface area contributed by atoms with Crippen molar-refractivity contribution in [3.8, 4) is 17.3 Å². The van der Waals surface area contributed by atoms with Gasteiger partial charge in [-0.2, -0.15) is 18.3 Å². The van der Waals surface area contributed by atoms with E-state index in [-0.39, 0.29) is 12.5 Å². The zero-order valence-electron chi connectivity index (χ0n) is 15.3. The van der Waals surface area contributed by atoms with Crippen LogP contribution in [0.2, 0.25) is 0 Å². The second-order valence-electron chi connectivity index (χ2n) is 6.50. The highest BCUT2D eigenvalue weighted by Gasteiger charge is 2.30. The van der Waals surface area contributed by atoms with Crippen LogP contribution in [0.3, 0.4) is 0 Å². The third kappa shape index (κ3) is 3.32. The molecule has 2 aromatic carbocycles. The molecule has 0 bridgehead atoms. The van der Waals surface area contributed by atoms with Crippen molar-refractivity contribution in [2.45, 2.75) is 12.9 Å². The Labute approximate surface area is 167 Å². The Hall–Kier alpha value is -3.95. The van der Waals surface area contributed by atoms with Gasteiger partial charge in [-0.05, 0) is 36.4 Å². The minimum atomic E-state index is -4.42. The number of rotatable bonds is 4. The lowest BCUT2D eigenvalue weighted by atomic mass is 10.2. The van der Waals surface area contributed by atoms with Crippen molar-refractivity contribution in [2.24, 2.45) is 0 Å². The van der Waals surface area contributed by atoms with Crippen LogP contribution in [0.5, 0.6) is 5.75 Å². The van der Waals surface area contributed by atoms with E-state index >= 15 is 0 Å².